The largest absolute Gasteiger partial charge is 0.347 e. The van der Waals surface area contributed by atoms with E-state index in [-0.39, 0.29) is 17.8 Å². The topological polar surface area (TPSA) is 32.3 Å². The number of amides is 1. The minimum absolute atomic E-state index is 0.0358. The van der Waals surface area contributed by atoms with Crippen molar-refractivity contribution in [1.29, 1.82) is 0 Å². The van der Waals surface area contributed by atoms with Crippen LogP contribution < -0.4 is 5.32 Å². The van der Waals surface area contributed by atoms with Crippen LogP contribution in [-0.2, 0) is 0 Å². The van der Waals surface area contributed by atoms with Crippen molar-refractivity contribution in [2.24, 2.45) is 5.92 Å². The van der Waals surface area contributed by atoms with Crippen molar-refractivity contribution in [3.63, 3.8) is 0 Å². The number of halogens is 1. The van der Waals surface area contributed by atoms with Crippen molar-refractivity contribution in [2.75, 3.05) is 19.6 Å². The van der Waals surface area contributed by atoms with Crippen LogP contribution in [0.3, 0.4) is 0 Å². The van der Waals surface area contributed by atoms with E-state index in [0.29, 0.717) is 16.4 Å². The molecule has 2 unspecified atom stereocenters. The smallest absolute Gasteiger partial charge is 0.261 e. The lowest BCUT2D eigenvalue weighted by Crippen LogP contribution is -2.42. The molecule has 0 saturated carbocycles. The summed E-state index contributed by atoms with van der Waals surface area (Å²) in [5, 5.41) is 3.14. The number of carbonyl (C=O) groups excluding carboxylic acids is 1. The Labute approximate surface area is 132 Å². The fourth-order valence-electron chi connectivity index (χ4n) is 3.45. The second-order valence-electron chi connectivity index (χ2n) is 6.03. The van der Waals surface area contributed by atoms with Crippen LogP contribution >= 0.6 is 11.3 Å². The number of thiophene rings is 1. The molecule has 1 N–H and O–H groups in total. The average Bonchev–Trinajstić information content (AvgIpc) is 3.24. The first-order valence-electron chi connectivity index (χ1n) is 7.58. The number of benzene rings is 1. The number of hydrogen-bond acceptors (Lipinski definition) is 3. The number of piperidine rings is 1. The van der Waals surface area contributed by atoms with Crippen molar-refractivity contribution >= 4 is 17.2 Å². The molecule has 0 spiro atoms. The monoisotopic (exact) mass is 316 g/mol. The predicted octanol–water partition coefficient (Wildman–Crippen LogP) is 2.99. The van der Waals surface area contributed by atoms with Crippen molar-refractivity contribution in [3.8, 4) is 10.4 Å². The normalized spacial score (nSPS) is 26.3. The third-order valence-electron chi connectivity index (χ3n) is 4.62. The van der Waals surface area contributed by atoms with Gasteiger partial charge in [-0.05, 0) is 37.1 Å². The molecule has 5 heteroatoms. The zero-order valence-electron chi connectivity index (χ0n) is 12.1. The SMILES string of the molecule is O=C(NC1CN2CC[C@H]1C2)c1ccc(-c2ccccc2F)s1. The fourth-order valence-corrected chi connectivity index (χ4v) is 4.39. The molecule has 1 amide bonds. The number of carbonyl (C=O) groups is 1. The highest BCUT2D eigenvalue weighted by Crippen LogP contribution is 2.31. The Morgan fingerprint density at radius 3 is 2.82 bits per heavy atom. The molecule has 3 nitrogen and oxygen atoms in total. The number of fused-ring (bicyclic) bond motifs is 2. The molecule has 2 fully saturated rings. The van der Waals surface area contributed by atoms with E-state index in [0.717, 1.165) is 24.5 Å². The summed E-state index contributed by atoms with van der Waals surface area (Å²) in [4.78, 5) is 16.2. The first-order chi connectivity index (χ1) is 10.7. The molecule has 2 aromatic rings. The van der Waals surface area contributed by atoms with Crippen LogP contribution in [0.2, 0.25) is 0 Å². The number of hydrogen-bond donors (Lipinski definition) is 1. The Bertz CT molecular complexity index is 714. The zero-order chi connectivity index (χ0) is 15.1. The lowest BCUT2D eigenvalue weighted by Gasteiger charge is -2.22. The minimum atomic E-state index is -0.253. The van der Waals surface area contributed by atoms with Crippen LogP contribution in [0, 0.1) is 11.7 Å². The number of rotatable bonds is 3. The minimum Gasteiger partial charge on any atom is -0.347 e. The molecule has 3 heterocycles. The number of nitrogens with zero attached hydrogens (tertiary/aromatic N) is 1. The summed E-state index contributed by atoms with van der Waals surface area (Å²) < 4.78 is 13.8. The third kappa shape index (κ3) is 2.44. The first kappa shape index (κ1) is 13.9. The Morgan fingerprint density at radius 2 is 2.09 bits per heavy atom. The Balaban J connectivity index is 1.49. The van der Waals surface area contributed by atoms with Gasteiger partial charge in [-0.15, -0.1) is 11.3 Å². The van der Waals surface area contributed by atoms with Crippen molar-refractivity contribution in [2.45, 2.75) is 12.5 Å². The molecule has 0 aliphatic carbocycles. The highest BCUT2D eigenvalue weighted by molar-refractivity contribution is 7.17. The fraction of sp³-hybridized carbons (Fsp3) is 0.353. The van der Waals surface area contributed by atoms with Crippen LogP contribution in [0.1, 0.15) is 16.1 Å². The molecule has 4 rings (SSSR count). The molecular weight excluding hydrogens is 299 g/mol. The summed E-state index contributed by atoms with van der Waals surface area (Å²) in [6, 6.07) is 10.5. The van der Waals surface area contributed by atoms with E-state index < -0.39 is 0 Å². The lowest BCUT2D eigenvalue weighted by molar-refractivity contribution is 0.0928. The molecule has 2 bridgehead atoms. The van der Waals surface area contributed by atoms with Crippen LogP contribution in [0.25, 0.3) is 10.4 Å². The Hall–Kier alpha value is -1.72. The van der Waals surface area contributed by atoms with Gasteiger partial charge in [0, 0.05) is 29.6 Å². The van der Waals surface area contributed by atoms with Gasteiger partial charge in [-0.1, -0.05) is 18.2 Å². The quantitative estimate of drug-likeness (QED) is 0.944. The van der Waals surface area contributed by atoms with Gasteiger partial charge in [-0.25, -0.2) is 4.39 Å². The molecule has 3 atom stereocenters. The maximum absolute atomic E-state index is 13.8. The molecule has 2 saturated heterocycles. The summed E-state index contributed by atoms with van der Waals surface area (Å²) in [5.41, 5.74) is 0.553. The van der Waals surface area contributed by atoms with E-state index in [4.69, 9.17) is 0 Å². The van der Waals surface area contributed by atoms with Gasteiger partial charge >= 0.3 is 0 Å². The summed E-state index contributed by atoms with van der Waals surface area (Å²) >= 11 is 1.35. The Morgan fingerprint density at radius 1 is 1.23 bits per heavy atom. The van der Waals surface area contributed by atoms with E-state index >= 15 is 0 Å². The second kappa shape index (κ2) is 5.48. The second-order valence-corrected chi connectivity index (χ2v) is 7.12. The Kier molecular flexibility index (Phi) is 3.47. The zero-order valence-corrected chi connectivity index (χ0v) is 12.9. The third-order valence-corrected chi connectivity index (χ3v) is 5.74. The van der Waals surface area contributed by atoms with Gasteiger partial charge in [0.05, 0.1) is 4.88 Å². The summed E-state index contributed by atoms with van der Waals surface area (Å²) in [6.07, 6.45) is 1.18. The summed E-state index contributed by atoms with van der Waals surface area (Å²) in [6.45, 7) is 3.23. The van der Waals surface area contributed by atoms with Gasteiger partial charge in [-0.3, -0.25) is 4.79 Å². The summed E-state index contributed by atoms with van der Waals surface area (Å²) in [5.74, 6) is 0.304. The predicted molar refractivity (Wildman–Crippen MR) is 85.5 cm³/mol. The molecule has 114 valence electrons. The van der Waals surface area contributed by atoms with E-state index in [9.17, 15) is 9.18 Å². The highest BCUT2D eigenvalue weighted by atomic mass is 32.1. The molecule has 1 aromatic carbocycles. The van der Waals surface area contributed by atoms with Gasteiger partial charge in [0.25, 0.3) is 5.91 Å². The van der Waals surface area contributed by atoms with Crippen LogP contribution in [-0.4, -0.2) is 36.5 Å². The maximum Gasteiger partial charge on any atom is 0.261 e. The molecule has 0 radical (unpaired) electrons. The van der Waals surface area contributed by atoms with E-state index in [2.05, 4.69) is 10.2 Å². The standard InChI is InChI=1S/C17H17FN2OS/c18-13-4-2-1-3-12(13)15-5-6-16(22-15)17(21)19-14-10-20-8-7-11(14)9-20/h1-6,11,14H,7-10H2,(H,19,21)/t11-,14?/m0/s1. The van der Waals surface area contributed by atoms with Crippen LogP contribution in [0.15, 0.2) is 36.4 Å². The lowest BCUT2D eigenvalue weighted by atomic mass is 10.00. The van der Waals surface area contributed by atoms with Gasteiger partial charge in [0.1, 0.15) is 5.82 Å². The maximum atomic E-state index is 13.8. The summed E-state index contributed by atoms with van der Waals surface area (Å²) in [7, 11) is 0. The van der Waals surface area contributed by atoms with Crippen molar-refractivity contribution in [1.82, 2.24) is 10.2 Å². The van der Waals surface area contributed by atoms with Gasteiger partial charge < -0.3 is 10.2 Å². The van der Waals surface area contributed by atoms with Gasteiger partial charge in [0.15, 0.2) is 0 Å². The highest BCUT2D eigenvalue weighted by Gasteiger charge is 2.38. The molecule has 22 heavy (non-hydrogen) atoms. The molecule has 2 aliphatic heterocycles. The van der Waals surface area contributed by atoms with Crippen LogP contribution in [0.4, 0.5) is 4.39 Å². The van der Waals surface area contributed by atoms with Gasteiger partial charge in [-0.2, -0.15) is 0 Å². The first-order valence-corrected chi connectivity index (χ1v) is 8.40. The number of nitrogens with one attached hydrogen (secondary N) is 1. The molecular formula is C17H17FN2OS. The van der Waals surface area contributed by atoms with E-state index in [1.807, 2.05) is 12.1 Å². The van der Waals surface area contributed by atoms with E-state index in [1.165, 1.54) is 23.8 Å². The van der Waals surface area contributed by atoms with E-state index in [1.54, 1.807) is 18.2 Å². The van der Waals surface area contributed by atoms with Crippen molar-refractivity contribution in [3.05, 3.63) is 47.1 Å². The molecule has 1 aromatic heterocycles. The van der Waals surface area contributed by atoms with Crippen LogP contribution in [0.5, 0.6) is 0 Å². The van der Waals surface area contributed by atoms with Gasteiger partial charge in [0.2, 0.25) is 0 Å². The molecule has 2 aliphatic rings. The average molecular weight is 316 g/mol. The van der Waals surface area contributed by atoms with Crippen molar-refractivity contribution < 1.29 is 9.18 Å².